The molecule has 4 nitrogen and oxygen atoms in total. The Labute approximate surface area is 191 Å². The van der Waals surface area contributed by atoms with Crippen molar-refractivity contribution in [3.05, 3.63) is 41.2 Å². The number of aromatic carboxylic acids is 1. The quantitative estimate of drug-likeness (QED) is 0.275. The summed E-state index contributed by atoms with van der Waals surface area (Å²) in [4.78, 5) is 10.7. The summed E-state index contributed by atoms with van der Waals surface area (Å²) in [5.41, 5.74) is -23.1. The number of hydrogen-bond acceptors (Lipinski definition) is 2. The molecule has 0 aromatic heterocycles. The lowest BCUT2D eigenvalue weighted by atomic mass is 9.79. The molecule has 1 aromatic rings. The molecular weight excluding hydrogens is 577 g/mol. The number of ether oxygens (including phenoxy) is 1. The van der Waals surface area contributed by atoms with E-state index in [1.807, 2.05) is 0 Å². The highest BCUT2D eigenvalue weighted by Crippen LogP contribution is 2.63. The zero-order chi connectivity index (χ0) is 28.9. The van der Waals surface area contributed by atoms with Crippen LogP contribution in [-0.4, -0.2) is 53.3 Å². The van der Waals surface area contributed by atoms with E-state index in [1.54, 1.807) is 0 Å². The van der Waals surface area contributed by atoms with Crippen LogP contribution in [0.2, 0.25) is 0 Å². The molecule has 0 saturated heterocycles. The first-order valence-corrected chi connectivity index (χ1v) is 8.12. The van der Waals surface area contributed by atoms with Gasteiger partial charge < -0.3 is 16.0 Å². The summed E-state index contributed by atoms with van der Waals surface area (Å²) in [6.45, 7) is 0. The molecule has 37 heavy (non-hydrogen) atoms. The maximum absolute atomic E-state index is 14.5. The van der Waals surface area contributed by atoms with Gasteiger partial charge in [0.1, 0.15) is 5.75 Å². The van der Waals surface area contributed by atoms with Gasteiger partial charge in [0.15, 0.2) is 0 Å². The minimum Gasteiger partial charge on any atom is -0.478 e. The van der Waals surface area contributed by atoms with Crippen LogP contribution >= 0.6 is 0 Å². The maximum Gasteiger partial charge on any atom is 0.449 e. The second-order valence-electron chi connectivity index (χ2n) is 6.44. The van der Waals surface area contributed by atoms with Crippen molar-refractivity contribution < 1.29 is 89.3 Å². The third-order valence-corrected chi connectivity index (χ3v) is 4.06. The molecule has 0 bridgehead atoms. The molecule has 1 aromatic carbocycles. The number of alkyl halides is 17. The van der Waals surface area contributed by atoms with Crippen LogP contribution in [0.1, 0.15) is 10.4 Å². The Morgan fingerprint density at radius 3 is 1.11 bits per heavy atom. The first-order valence-electron chi connectivity index (χ1n) is 8.12. The summed E-state index contributed by atoms with van der Waals surface area (Å²) in [5.74, 6) is -8.38. The number of halogens is 17. The molecular formula is C16H9F17NO3+. The van der Waals surface area contributed by atoms with Crippen molar-refractivity contribution >= 4 is 5.97 Å². The Kier molecular flexibility index (Phi) is 8.92. The highest BCUT2D eigenvalue weighted by molar-refractivity contribution is 5.87. The number of quaternary nitrogens is 1. The molecule has 0 amide bonds. The molecule has 0 aliphatic heterocycles. The fourth-order valence-corrected chi connectivity index (χ4v) is 2.47. The number of hydrogen-bond donors (Lipinski definition) is 2. The van der Waals surface area contributed by atoms with Crippen LogP contribution in [-0.2, 0) is 0 Å². The molecule has 0 atom stereocenters. The van der Waals surface area contributed by atoms with Gasteiger partial charge in [-0.3, -0.25) is 0 Å². The average molecular weight is 586 g/mol. The normalized spacial score (nSPS) is 14.1. The lowest BCUT2D eigenvalue weighted by molar-refractivity contribution is -0.365. The summed E-state index contributed by atoms with van der Waals surface area (Å²) >= 11 is 0. The van der Waals surface area contributed by atoms with Gasteiger partial charge in [0.05, 0.1) is 11.1 Å². The number of carboxylic acids is 1. The van der Waals surface area contributed by atoms with Gasteiger partial charge in [0.2, 0.25) is 5.76 Å². The van der Waals surface area contributed by atoms with E-state index < -0.39 is 70.8 Å². The predicted octanol–water partition coefficient (Wildman–Crippen LogP) is 7.62. The van der Waals surface area contributed by atoms with Crippen LogP contribution < -0.4 is 10.9 Å². The third kappa shape index (κ3) is 5.95. The Hall–Kier alpha value is -3.00. The number of benzene rings is 1. The fourth-order valence-electron chi connectivity index (χ4n) is 2.47. The average Bonchev–Trinajstić information content (AvgIpc) is 2.63. The number of rotatable bonds is 5. The number of carbonyl (C=O) groups is 1. The summed E-state index contributed by atoms with van der Waals surface area (Å²) < 4.78 is 229. The number of allylic oxidation sites excluding steroid dienone is 2. The van der Waals surface area contributed by atoms with Crippen LogP contribution in [0.5, 0.6) is 5.75 Å². The van der Waals surface area contributed by atoms with Crippen LogP contribution in [0.3, 0.4) is 0 Å². The van der Waals surface area contributed by atoms with E-state index in [0.717, 1.165) is 0 Å². The molecule has 0 heterocycles. The summed E-state index contributed by atoms with van der Waals surface area (Å²) in [5, 5.41) is 8.62. The van der Waals surface area contributed by atoms with E-state index >= 15 is 0 Å². The zero-order valence-electron chi connectivity index (χ0n) is 17.0. The monoisotopic (exact) mass is 586 g/mol. The SMILES string of the molecule is O=C(O)c1ccc(OC(=C(C(F)(C(F)(F)F)C(F)(F)F)C(F)(C(F)(F)F)C(F)(F)F)C(F)(F)F)cc1.[NH4+]. The standard InChI is InChI=1S/C16H5F17O3.H3N/c17-10(13(22,23)24,14(25,26)27)7(11(18,15(28,29)30)16(31,32)33)8(12(19,20)21)36-6-3-1-5(2-4-6)9(34)35;/h1-4H,(H,34,35);1H3/p+1. The van der Waals surface area contributed by atoms with Gasteiger partial charge in [-0.05, 0) is 24.3 Å². The second-order valence-corrected chi connectivity index (χ2v) is 6.44. The molecule has 0 aliphatic rings. The molecule has 0 aliphatic carbocycles. The molecule has 0 fully saturated rings. The minimum absolute atomic E-state index is 0. The highest BCUT2D eigenvalue weighted by Gasteiger charge is 2.88. The molecule has 0 radical (unpaired) electrons. The molecule has 214 valence electrons. The van der Waals surface area contributed by atoms with Gasteiger partial charge in [-0.15, -0.1) is 0 Å². The Morgan fingerprint density at radius 2 is 0.892 bits per heavy atom. The van der Waals surface area contributed by atoms with Gasteiger partial charge in [-0.1, -0.05) is 0 Å². The van der Waals surface area contributed by atoms with Crippen molar-refractivity contribution in [2.45, 2.75) is 42.2 Å². The lowest BCUT2D eigenvalue weighted by Gasteiger charge is -2.41. The van der Waals surface area contributed by atoms with Gasteiger partial charge >= 0.3 is 48.2 Å². The summed E-state index contributed by atoms with van der Waals surface area (Å²) in [6.07, 6.45) is -39.7. The van der Waals surface area contributed by atoms with E-state index in [2.05, 4.69) is 4.74 Å². The Bertz CT molecular complexity index is 928. The number of carboxylic acid groups (broad SMARTS) is 1. The lowest BCUT2D eigenvalue weighted by Crippen LogP contribution is -2.67. The molecule has 0 spiro atoms. The Balaban J connectivity index is 0.0000130. The highest BCUT2D eigenvalue weighted by atomic mass is 19.4. The molecule has 1 rings (SSSR count). The predicted molar refractivity (Wildman–Crippen MR) is 85.0 cm³/mol. The van der Waals surface area contributed by atoms with Gasteiger partial charge in [-0.2, -0.15) is 65.9 Å². The van der Waals surface area contributed by atoms with Crippen molar-refractivity contribution in [1.29, 1.82) is 0 Å². The van der Waals surface area contributed by atoms with Crippen LogP contribution in [0, 0.1) is 0 Å². The van der Waals surface area contributed by atoms with Gasteiger partial charge in [-0.25, -0.2) is 13.6 Å². The summed E-state index contributed by atoms with van der Waals surface area (Å²) in [7, 11) is 0. The first-order chi connectivity index (χ1) is 15.6. The van der Waals surface area contributed by atoms with Crippen LogP contribution in [0.4, 0.5) is 74.6 Å². The molecule has 0 unspecified atom stereocenters. The molecule has 0 saturated carbocycles. The van der Waals surface area contributed by atoms with Crippen LogP contribution in [0.15, 0.2) is 35.6 Å². The summed E-state index contributed by atoms with van der Waals surface area (Å²) in [6, 6.07) is 0.180. The maximum atomic E-state index is 14.5. The van der Waals surface area contributed by atoms with Crippen molar-refractivity contribution in [3.8, 4) is 5.75 Å². The fraction of sp³-hybridized carbons (Fsp3) is 0.438. The molecule has 5 N–H and O–H groups in total. The van der Waals surface area contributed by atoms with E-state index in [-0.39, 0.29) is 30.4 Å². The van der Waals surface area contributed by atoms with Crippen molar-refractivity contribution in [1.82, 2.24) is 6.15 Å². The Morgan fingerprint density at radius 1 is 0.595 bits per heavy atom. The second kappa shape index (κ2) is 9.71. The minimum atomic E-state index is -8.29. The van der Waals surface area contributed by atoms with Crippen molar-refractivity contribution in [2.75, 3.05) is 0 Å². The van der Waals surface area contributed by atoms with E-state index in [0.29, 0.717) is 0 Å². The van der Waals surface area contributed by atoms with Gasteiger partial charge in [0.25, 0.3) is 0 Å². The van der Waals surface area contributed by atoms with Crippen LogP contribution in [0.25, 0.3) is 0 Å². The zero-order valence-corrected chi connectivity index (χ0v) is 17.0. The van der Waals surface area contributed by atoms with E-state index in [1.165, 1.54) is 0 Å². The smallest absolute Gasteiger partial charge is 0.449 e. The molecule has 21 heteroatoms. The first kappa shape index (κ1) is 34.0. The van der Waals surface area contributed by atoms with Gasteiger partial charge in [0, 0.05) is 0 Å². The topological polar surface area (TPSA) is 83.0 Å². The van der Waals surface area contributed by atoms with E-state index in [4.69, 9.17) is 5.11 Å². The van der Waals surface area contributed by atoms with Crippen molar-refractivity contribution in [2.24, 2.45) is 0 Å². The largest absolute Gasteiger partial charge is 0.478 e. The van der Waals surface area contributed by atoms with E-state index in [9.17, 15) is 79.4 Å². The van der Waals surface area contributed by atoms with Crippen molar-refractivity contribution in [3.63, 3.8) is 0 Å². The third-order valence-electron chi connectivity index (χ3n) is 4.06.